The Morgan fingerprint density at radius 2 is 2.21 bits per heavy atom. The Morgan fingerprint density at radius 3 is 2.96 bits per heavy atom. The lowest BCUT2D eigenvalue weighted by Crippen LogP contribution is -2.48. The number of nitrogens with one attached hydrogen (secondary N) is 3. The number of anilines is 1. The van der Waals surface area contributed by atoms with Crippen molar-refractivity contribution in [3.8, 4) is 0 Å². The molecule has 3 heterocycles. The summed E-state index contributed by atoms with van der Waals surface area (Å²) in [6.07, 6.45) is 2.30. The second-order valence-corrected chi connectivity index (χ2v) is 6.78. The van der Waals surface area contributed by atoms with E-state index >= 15 is 0 Å². The highest BCUT2D eigenvalue weighted by Gasteiger charge is 2.18. The SMILES string of the molecule is O=C(NNC(=S)NC[C@@H]1CCCO1)c1csc(N2CCOCC2)n1. The van der Waals surface area contributed by atoms with E-state index in [9.17, 15) is 4.79 Å². The number of thiazole rings is 1. The maximum Gasteiger partial charge on any atom is 0.289 e. The molecular weight excluding hydrogens is 350 g/mol. The molecule has 0 bridgehead atoms. The second-order valence-electron chi connectivity index (χ2n) is 5.54. The van der Waals surface area contributed by atoms with E-state index < -0.39 is 0 Å². The number of thiocarbonyl (C=S) groups is 1. The van der Waals surface area contributed by atoms with Crippen LogP contribution >= 0.6 is 23.6 Å². The number of hydrogen-bond acceptors (Lipinski definition) is 7. The van der Waals surface area contributed by atoms with Gasteiger partial charge in [-0.2, -0.15) is 0 Å². The Bertz CT molecular complexity index is 571. The van der Waals surface area contributed by atoms with Crippen molar-refractivity contribution in [2.75, 3.05) is 44.4 Å². The third-order valence-electron chi connectivity index (χ3n) is 3.81. The maximum atomic E-state index is 12.1. The van der Waals surface area contributed by atoms with Gasteiger partial charge in [-0.25, -0.2) is 4.98 Å². The number of amides is 1. The van der Waals surface area contributed by atoms with Crippen molar-refractivity contribution in [2.24, 2.45) is 0 Å². The molecule has 0 aliphatic carbocycles. The highest BCUT2D eigenvalue weighted by molar-refractivity contribution is 7.80. The van der Waals surface area contributed by atoms with Gasteiger partial charge in [-0.05, 0) is 25.1 Å². The van der Waals surface area contributed by atoms with Crippen molar-refractivity contribution >= 4 is 39.7 Å². The van der Waals surface area contributed by atoms with Crippen LogP contribution in [-0.4, -0.2) is 61.6 Å². The number of morpholine rings is 1. The number of hydrogen-bond donors (Lipinski definition) is 3. The summed E-state index contributed by atoms with van der Waals surface area (Å²) in [5.41, 5.74) is 5.62. The average Bonchev–Trinajstić information content (AvgIpc) is 3.30. The van der Waals surface area contributed by atoms with Crippen LogP contribution in [0.3, 0.4) is 0 Å². The van der Waals surface area contributed by atoms with E-state index in [2.05, 4.69) is 26.1 Å². The summed E-state index contributed by atoms with van der Waals surface area (Å²) >= 11 is 6.58. The van der Waals surface area contributed by atoms with Crippen molar-refractivity contribution in [3.05, 3.63) is 11.1 Å². The molecule has 10 heteroatoms. The lowest BCUT2D eigenvalue weighted by Gasteiger charge is -2.25. The van der Waals surface area contributed by atoms with E-state index in [-0.39, 0.29) is 12.0 Å². The van der Waals surface area contributed by atoms with Crippen molar-refractivity contribution in [1.82, 2.24) is 21.2 Å². The molecular formula is C14H21N5O3S2. The van der Waals surface area contributed by atoms with E-state index in [1.165, 1.54) is 11.3 Å². The fourth-order valence-electron chi connectivity index (χ4n) is 2.50. The minimum atomic E-state index is -0.313. The number of nitrogens with zero attached hydrogens (tertiary/aromatic N) is 2. The number of carbonyl (C=O) groups is 1. The standard InChI is InChI=1S/C14H21N5O3S2/c20-12(17-18-13(23)15-8-10-2-1-5-22-10)11-9-24-14(16-11)19-3-6-21-7-4-19/h9-10H,1-8H2,(H,17,20)(H2,15,18,23)/t10-/m0/s1. The smallest absolute Gasteiger partial charge is 0.289 e. The van der Waals surface area contributed by atoms with Crippen LogP contribution in [-0.2, 0) is 9.47 Å². The Hall–Kier alpha value is -1.49. The van der Waals surface area contributed by atoms with Crippen LogP contribution in [0.1, 0.15) is 23.3 Å². The molecule has 0 saturated carbocycles. The van der Waals surface area contributed by atoms with Gasteiger partial charge in [0.2, 0.25) is 0 Å². The molecule has 1 aromatic rings. The molecule has 132 valence electrons. The van der Waals surface area contributed by atoms with Gasteiger partial charge in [-0.3, -0.25) is 15.6 Å². The molecule has 24 heavy (non-hydrogen) atoms. The van der Waals surface area contributed by atoms with Crippen molar-refractivity contribution < 1.29 is 14.3 Å². The normalized spacial score (nSPS) is 20.7. The van der Waals surface area contributed by atoms with E-state index in [4.69, 9.17) is 21.7 Å². The fourth-order valence-corrected chi connectivity index (χ4v) is 3.50. The summed E-state index contributed by atoms with van der Waals surface area (Å²) in [6, 6.07) is 0. The highest BCUT2D eigenvalue weighted by atomic mass is 32.1. The van der Waals surface area contributed by atoms with E-state index in [1.54, 1.807) is 5.38 Å². The maximum absolute atomic E-state index is 12.1. The summed E-state index contributed by atoms with van der Waals surface area (Å²) in [5.74, 6) is -0.313. The van der Waals surface area contributed by atoms with E-state index in [0.29, 0.717) is 30.6 Å². The van der Waals surface area contributed by atoms with Crippen LogP contribution in [0, 0.1) is 0 Å². The van der Waals surface area contributed by atoms with Gasteiger partial charge in [0.15, 0.2) is 10.2 Å². The molecule has 1 amide bonds. The molecule has 8 nitrogen and oxygen atoms in total. The predicted molar refractivity (Wildman–Crippen MR) is 95.3 cm³/mol. The first kappa shape index (κ1) is 17.3. The number of aromatic nitrogens is 1. The average molecular weight is 371 g/mol. The Labute approximate surface area is 149 Å². The first-order valence-electron chi connectivity index (χ1n) is 7.96. The second kappa shape index (κ2) is 8.56. The fraction of sp³-hybridized carbons (Fsp3) is 0.643. The molecule has 2 aliphatic rings. The summed E-state index contributed by atoms with van der Waals surface area (Å²) in [5, 5.41) is 5.97. The Morgan fingerprint density at radius 1 is 1.38 bits per heavy atom. The van der Waals surface area contributed by atoms with Crippen LogP contribution in [0.15, 0.2) is 5.38 Å². The zero-order valence-corrected chi connectivity index (χ0v) is 14.9. The first-order chi connectivity index (χ1) is 11.7. The van der Waals surface area contributed by atoms with Crippen molar-refractivity contribution in [2.45, 2.75) is 18.9 Å². The molecule has 1 atom stereocenters. The molecule has 1 aromatic heterocycles. The molecule has 3 rings (SSSR count). The molecule has 0 unspecified atom stereocenters. The van der Waals surface area contributed by atoms with Crippen LogP contribution in [0.4, 0.5) is 5.13 Å². The zero-order valence-electron chi connectivity index (χ0n) is 13.2. The van der Waals surface area contributed by atoms with Crippen LogP contribution < -0.4 is 21.1 Å². The molecule has 2 aliphatic heterocycles. The van der Waals surface area contributed by atoms with Gasteiger partial charge in [0.25, 0.3) is 5.91 Å². The van der Waals surface area contributed by atoms with E-state index in [0.717, 1.165) is 37.7 Å². The lowest BCUT2D eigenvalue weighted by atomic mass is 10.2. The summed E-state index contributed by atoms with van der Waals surface area (Å²) < 4.78 is 10.8. The monoisotopic (exact) mass is 371 g/mol. The van der Waals surface area contributed by atoms with Crippen LogP contribution in [0.25, 0.3) is 0 Å². The molecule has 2 fully saturated rings. The lowest BCUT2D eigenvalue weighted by molar-refractivity contribution is 0.0938. The van der Waals surface area contributed by atoms with Crippen molar-refractivity contribution in [3.63, 3.8) is 0 Å². The van der Waals surface area contributed by atoms with Crippen LogP contribution in [0.5, 0.6) is 0 Å². The topological polar surface area (TPSA) is 87.8 Å². The van der Waals surface area contributed by atoms with Crippen molar-refractivity contribution in [1.29, 1.82) is 0 Å². The molecule has 3 N–H and O–H groups in total. The van der Waals surface area contributed by atoms with Gasteiger partial charge in [0, 0.05) is 31.6 Å². The Balaban J connectivity index is 1.41. The molecule has 0 radical (unpaired) electrons. The third kappa shape index (κ3) is 4.76. The summed E-state index contributed by atoms with van der Waals surface area (Å²) in [6.45, 7) is 4.41. The molecule has 2 saturated heterocycles. The van der Waals surface area contributed by atoms with Gasteiger partial charge in [-0.1, -0.05) is 0 Å². The van der Waals surface area contributed by atoms with Gasteiger partial charge >= 0.3 is 0 Å². The molecule has 0 spiro atoms. The first-order valence-corrected chi connectivity index (χ1v) is 9.25. The third-order valence-corrected chi connectivity index (χ3v) is 4.96. The quantitative estimate of drug-likeness (QED) is 0.513. The number of carbonyl (C=O) groups excluding carboxylic acids is 1. The highest BCUT2D eigenvalue weighted by Crippen LogP contribution is 2.21. The van der Waals surface area contributed by atoms with Gasteiger partial charge < -0.3 is 19.7 Å². The summed E-state index contributed by atoms with van der Waals surface area (Å²) in [4.78, 5) is 18.6. The van der Waals surface area contributed by atoms with E-state index in [1.807, 2.05) is 0 Å². The van der Waals surface area contributed by atoms with Gasteiger partial charge in [-0.15, -0.1) is 11.3 Å². The number of rotatable bonds is 4. The summed E-state index contributed by atoms with van der Waals surface area (Å²) in [7, 11) is 0. The number of hydrazine groups is 1. The Kier molecular flexibility index (Phi) is 6.18. The minimum absolute atomic E-state index is 0.190. The molecule has 0 aromatic carbocycles. The minimum Gasteiger partial charge on any atom is -0.378 e. The number of ether oxygens (including phenoxy) is 2. The van der Waals surface area contributed by atoms with Crippen LogP contribution in [0.2, 0.25) is 0 Å². The predicted octanol–water partition coefficient (Wildman–Crippen LogP) is 0.268. The zero-order chi connectivity index (χ0) is 16.8. The largest absolute Gasteiger partial charge is 0.378 e. The van der Waals surface area contributed by atoms with Gasteiger partial charge in [0.1, 0.15) is 5.69 Å². The van der Waals surface area contributed by atoms with Gasteiger partial charge in [0.05, 0.1) is 19.3 Å².